The molecule has 0 aliphatic carbocycles. The van der Waals surface area contributed by atoms with Crippen molar-refractivity contribution in [1.82, 2.24) is 9.97 Å². The first kappa shape index (κ1) is 7.70. The van der Waals surface area contributed by atoms with Crippen LogP contribution >= 0.6 is 0 Å². The molecular formula is C10H8N2O2. The van der Waals surface area contributed by atoms with E-state index in [1.807, 2.05) is 12.1 Å². The smallest absolute Gasteiger partial charge is 0.182 e. The Morgan fingerprint density at radius 3 is 3.14 bits per heavy atom. The number of ether oxygens (including phenoxy) is 1. The Labute approximate surface area is 80.2 Å². The van der Waals surface area contributed by atoms with E-state index in [0.717, 1.165) is 16.8 Å². The lowest BCUT2D eigenvalue weighted by Crippen LogP contribution is -1.91. The third kappa shape index (κ3) is 1.12. The van der Waals surface area contributed by atoms with Crippen molar-refractivity contribution in [3.8, 4) is 0 Å². The summed E-state index contributed by atoms with van der Waals surface area (Å²) in [6, 6.07) is 1.92. The first-order chi connectivity index (χ1) is 6.93. The third-order valence-corrected chi connectivity index (χ3v) is 2.25. The molecule has 2 aromatic rings. The minimum atomic E-state index is 0.635. The lowest BCUT2D eigenvalue weighted by molar-refractivity contribution is 0.216. The van der Waals surface area contributed by atoms with Gasteiger partial charge in [0.2, 0.25) is 0 Å². The minimum absolute atomic E-state index is 0.635. The summed E-state index contributed by atoms with van der Waals surface area (Å²) in [6.07, 6.45) is 5.15. The van der Waals surface area contributed by atoms with Crippen LogP contribution in [0.15, 0.2) is 29.2 Å². The lowest BCUT2D eigenvalue weighted by atomic mass is 10.2. The monoisotopic (exact) mass is 188 g/mol. The topological polar surface area (TPSA) is 48.2 Å². The molecule has 70 valence electrons. The Bertz CT molecular complexity index is 502. The predicted octanol–water partition coefficient (Wildman–Crippen LogP) is 1.64. The second kappa shape index (κ2) is 2.92. The second-order valence-electron chi connectivity index (χ2n) is 3.13. The standard InChI is InChI=1S/C10H8N2O2/c1-2-13-5-7(1)8-3-9-10(4-11-8)14-6-12-9/h1,3-4,6H,2,5H2. The molecule has 0 aromatic carbocycles. The Morgan fingerprint density at radius 1 is 1.29 bits per heavy atom. The first-order valence-electron chi connectivity index (χ1n) is 4.40. The van der Waals surface area contributed by atoms with Gasteiger partial charge >= 0.3 is 0 Å². The van der Waals surface area contributed by atoms with Crippen molar-refractivity contribution in [2.24, 2.45) is 0 Å². The van der Waals surface area contributed by atoms with Crippen LogP contribution in [0.2, 0.25) is 0 Å². The molecule has 0 amide bonds. The maximum absolute atomic E-state index is 5.23. The maximum Gasteiger partial charge on any atom is 0.182 e. The van der Waals surface area contributed by atoms with E-state index >= 15 is 0 Å². The number of rotatable bonds is 1. The fraction of sp³-hybridized carbons (Fsp3) is 0.200. The summed E-state index contributed by atoms with van der Waals surface area (Å²) in [6.45, 7) is 1.31. The van der Waals surface area contributed by atoms with E-state index in [0.29, 0.717) is 18.8 Å². The fourth-order valence-corrected chi connectivity index (χ4v) is 1.51. The van der Waals surface area contributed by atoms with Crippen molar-refractivity contribution >= 4 is 16.7 Å². The average molecular weight is 188 g/mol. The van der Waals surface area contributed by atoms with E-state index in [4.69, 9.17) is 9.15 Å². The van der Waals surface area contributed by atoms with Crippen LogP contribution in [0.1, 0.15) is 5.69 Å². The quantitative estimate of drug-likeness (QED) is 0.682. The average Bonchev–Trinajstić information content (AvgIpc) is 2.88. The van der Waals surface area contributed by atoms with Gasteiger partial charge in [0.05, 0.1) is 25.1 Å². The normalized spacial score (nSPS) is 16.1. The summed E-state index contributed by atoms with van der Waals surface area (Å²) in [4.78, 5) is 8.36. The molecule has 0 fully saturated rings. The van der Waals surface area contributed by atoms with Crippen LogP contribution in [-0.2, 0) is 4.74 Å². The molecule has 3 rings (SSSR count). The van der Waals surface area contributed by atoms with E-state index in [2.05, 4.69) is 9.97 Å². The minimum Gasteiger partial charge on any atom is -0.442 e. The molecule has 0 saturated carbocycles. The Kier molecular flexibility index (Phi) is 1.61. The van der Waals surface area contributed by atoms with Gasteiger partial charge < -0.3 is 9.15 Å². The fourth-order valence-electron chi connectivity index (χ4n) is 1.51. The number of hydrogen-bond acceptors (Lipinski definition) is 4. The zero-order valence-electron chi connectivity index (χ0n) is 7.43. The van der Waals surface area contributed by atoms with E-state index < -0.39 is 0 Å². The highest BCUT2D eigenvalue weighted by Gasteiger charge is 2.10. The Balaban J connectivity index is 2.13. The van der Waals surface area contributed by atoms with Crippen molar-refractivity contribution in [2.75, 3.05) is 13.2 Å². The molecule has 4 heteroatoms. The summed E-state index contributed by atoms with van der Waals surface area (Å²) < 4.78 is 10.3. The SMILES string of the molecule is C1=C(c2cc3ncoc3cn2)COC1. The van der Waals surface area contributed by atoms with Gasteiger partial charge in [-0.1, -0.05) is 6.08 Å². The highest BCUT2D eigenvalue weighted by atomic mass is 16.5. The summed E-state index contributed by atoms with van der Waals surface area (Å²) in [5.74, 6) is 0. The van der Waals surface area contributed by atoms with Crippen LogP contribution in [0, 0.1) is 0 Å². The van der Waals surface area contributed by atoms with E-state index in [-0.39, 0.29) is 0 Å². The highest BCUT2D eigenvalue weighted by Crippen LogP contribution is 2.20. The summed E-state index contributed by atoms with van der Waals surface area (Å²) in [5.41, 5.74) is 3.59. The number of hydrogen-bond donors (Lipinski definition) is 0. The molecule has 0 unspecified atom stereocenters. The van der Waals surface area contributed by atoms with Gasteiger partial charge in [0.25, 0.3) is 0 Å². The van der Waals surface area contributed by atoms with Gasteiger partial charge in [-0.25, -0.2) is 4.98 Å². The molecule has 0 radical (unpaired) electrons. The zero-order valence-corrected chi connectivity index (χ0v) is 7.43. The van der Waals surface area contributed by atoms with Gasteiger partial charge in [-0.05, 0) is 6.07 Å². The van der Waals surface area contributed by atoms with Gasteiger partial charge in [0.1, 0.15) is 5.52 Å². The van der Waals surface area contributed by atoms with Gasteiger partial charge in [-0.15, -0.1) is 0 Å². The van der Waals surface area contributed by atoms with Crippen molar-refractivity contribution < 1.29 is 9.15 Å². The van der Waals surface area contributed by atoms with Crippen LogP contribution in [0.3, 0.4) is 0 Å². The van der Waals surface area contributed by atoms with Gasteiger partial charge in [0, 0.05) is 5.57 Å². The molecule has 0 N–H and O–H groups in total. The summed E-state index contributed by atoms with van der Waals surface area (Å²) in [5, 5.41) is 0. The molecule has 2 aromatic heterocycles. The molecule has 0 spiro atoms. The van der Waals surface area contributed by atoms with Gasteiger partial charge in [-0.3, -0.25) is 4.98 Å². The van der Waals surface area contributed by atoms with Gasteiger partial charge in [-0.2, -0.15) is 0 Å². The van der Waals surface area contributed by atoms with Gasteiger partial charge in [0.15, 0.2) is 12.0 Å². The maximum atomic E-state index is 5.23. The second-order valence-corrected chi connectivity index (χ2v) is 3.13. The number of fused-ring (bicyclic) bond motifs is 1. The van der Waals surface area contributed by atoms with Crippen LogP contribution in [0.25, 0.3) is 16.7 Å². The third-order valence-electron chi connectivity index (χ3n) is 2.25. The molecule has 1 aliphatic rings. The molecule has 0 saturated heterocycles. The predicted molar refractivity (Wildman–Crippen MR) is 50.6 cm³/mol. The van der Waals surface area contributed by atoms with E-state index in [9.17, 15) is 0 Å². The van der Waals surface area contributed by atoms with Crippen molar-refractivity contribution in [3.05, 3.63) is 30.4 Å². The van der Waals surface area contributed by atoms with E-state index in [1.54, 1.807) is 6.20 Å². The van der Waals surface area contributed by atoms with E-state index in [1.165, 1.54) is 6.39 Å². The molecule has 0 bridgehead atoms. The molecule has 14 heavy (non-hydrogen) atoms. The largest absolute Gasteiger partial charge is 0.442 e. The van der Waals surface area contributed by atoms with Crippen LogP contribution < -0.4 is 0 Å². The van der Waals surface area contributed by atoms with Crippen molar-refractivity contribution in [2.45, 2.75) is 0 Å². The number of pyridine rings is 1. The molecular weight excluding hydrogens is 180 g/mol. The molecule has 3 heterocycles. The first-order valence-corrected chi connectivity index (χ1v) is 4.40. The molecule has 4 nitrogen and oxygen atoms in total. The molecule has 0 atom stereocenters. The lowest BCUT2D eigenvalue weighted by Gasteiger charge is -1.98. The Hall–Kier alpha value is -1.68. The molecule has 1 aliphatic heterocycles. The number of aromatic nitrogens is 2. The highest BCUT2D eigenvalue weighted by molar-refractivity contribution is 5.77. The van der Waals surface area contributed by atoms with Crippen molar-refractivity contribution in [1.29, 1.82) is 0 Å². The zero-order chi connectivity index (χ0) is 9.38. The summed E-state index contributed by atoms with van der Waals surface area (Å²) in [7, 11) is 0. The number of nitrogens with zero attached hydrogens (tertiary/aromatic N) is 2. The van der Waals surface area contributed by atoms with Crippen LogP contribution in [-0.4, -0.2) is 23.2 Å². The number of oxazole rings is 1. The summed E-state index contributed by atoms with van der Waals surface area (Å²) >= 11 is 0. The van der Waals surface area contributed by atoms with Crippen LogP contribution in [0.5, 0.6) is 0 Å². The van der Waals surface area contributed by atoms with Crippen molar-refractivity contribution in [3.63, 3.8) is 0 Å². The van der Waals surface area contributed by atoms with Crippen LogP contribution in [0.4, 0.5) is 0 Å². The Morgan fingerprint density at radius 2 is 2.29 bits per heavy atom.